The summed E-state index contributed by atoms with van der Waals surface area (Å²) in [7, 11) is 0. The van der Waals surface area contributed by atoms with E-state index in [-0.39, 0.29) is 10.7 Å². The van der Waals surface area contributed by atoms with Gasteiger partial charge in [0.05, 0.1) is 11.4 Å². The minimum atomic E-state index is -0.281. The van der Waals surface area contributed by atoms with Gasteiger partial charge in [0.1, 0.15) is 0 Å². The molecule has 2 aromatic rings. The van der Waals surface area contributed by atoms with E-state index in [1.807, 2.05) is 37.3 Å². The Hall–Kier alpha value is -2.00. The second-order valence-electron chi connectivity index (χ2n) is 5.31. The Labute approximate surface area is 135 Å². The molecule has 0 aromatic heterocycles. The molecule has 1 unspecified atom stereocenters. The summed E-state index contributed by atoms with van der Waals surface area (Å²) in [5.74, 6) is -0.281. The molecule has 0 amide bonds. The van der Waals surface area contributed by atoms with Gasteiger partial charge in [-0.1, -0.05) is 48.5 Å². The van der Waals surface area contributed by atoms with Crippen LogP contribution in [-0.2, 0) is 14.3 Å². The van der Waals surface area contributed by atoms with Crippen molar-refractivity contribution < 1.29 is 9.53 Å². The molecule has 3 rings (SSSR count). The Balaban J connectivity index is 2.13. The summed E-state index contributed by atoms with van der Waals surface area (Å²) in [5.41, 5.74) is 3.32. The van der Waals surface area contributed by atoms with Crippen LogP contribution in [0.2, 0.25) is 0 Å². The molecule has 0 N–H and O–H groups in total. The third kappa shape index (κ3) is 2.57. The van der Waals surface area contributed by atoms with Gasteiger partial charge in [-0.2, -0.15) is 0 Å². The van der Waals surface area contributed by atoms with Crippen LogP contribution in [0, 0.1) is 0 Å². The van der Waals surface area contributed by atoms with Crippen molar-refractivity contribution in [3.8, 4) is 0 Å². The first kappa shape index (κ1) is 14.9. The van der Waals surface area contributed by atoms with E-state index < -0.39 is 0 Å². The molecular weight excluding hydrogens is 292 g/mol. The zero-order valence-corrected chi connectivity index (χ0v) is 13.5. The van der Waals surface area contributed by atoms with Crippen molar-refractivity contribution in [3.63, 3.8) is 0 Å². The molecule has 0 saturated carbocycles. The number of ether oxygens (including phenoxy) is 1. The quantitative estimate of drug-likeness (QED) is 0.609. The van der Waals surface area contributed by atoms with Crippen molar-refractivity contribution in [2.24, 2.45) is 0 Å². The highest BCUT2D eigenvalue weighted by atomic mass is 32.2. The molecule has 112 valence electrons. The molecule has 0 saturated heterocycles. The highest BCUT2D eigenvalue weighted by molar-refractivity contribution is 8.01. The summed E-state index contributed by atoms with van der Waals surface area (Å²) in [6, 6.07) is 18.5. The summed E-state index contributed by atoms with van der Waals surface area (Å²) < 4.78 is 4.84. The second kappa shape index (κ2) is 6.01. The summed E-state index contributed by atoms with van der Waals surface area (Å²) >= 11 is 1.78. The predicted octanol–water partition coefficient (Wildman–Crippen LogP) is 4.65. The van der Waals surface area contributed by atoms with Gasteiger partial charge in [0, 0.05) is 11.0 Å². The van der Waals surface area contributed by atoms with E-state index in [4.69, 9.17) is 4.74 Å². The fourth-order valence-electron chi connectivity index (χ4n) is 2.80. The molecule has 0 aliphatic carbocycles. The number of hydrogen-bond donors (Lipinski definition) is 0. The van der Waals surface area contributed by atoms with Crippen LogP contribution in [0.3, 0.4) is 0 Å². The highest BCUT2D eigenvalue weighted by Crippen LogP contribution is 2.58. The predicted molar refractivity (Wildman–Crippen MR) is 90.7 cm³/mol. The van der Waals surface area contributed by atoms with E-state index >= 15 is 0 Å². The maximum Gasteiger partial charge on any atom is 0.331 e. The minimum absolute atomic E-state index is 0.280. The lowest BCUT2D eigenvalue weighted by Crippen LogP contribution is -2.16. The Morgan fingerprint density at radius 2 is 1.82 bits per heavy atom. The minimum Gasteiger partial charge on any atom is -0.463 e. The van der Waals surface area contributed by atoms with Gasteiger partial charge in [-0.3, -0.25) is 0 Å². The number of thioether (sulfide) groups is 1. The lowest BCUT2D eigenvalue weighted by Gasteiger charge is -2.26. The molecule has 1 atom stereocenters. The molecule has 1 aliphatic rings. The monoisotopic (exact) mass is 310 g/mol. The van der Waals surface area contributed by atoms with Gasteiger partial charge in [0.15, 0.2) is 0 Å². The largest absolute Gasteiger partial charge is 0.463 e. The zero-order valence-electron chi connectivity index (χ0n) is 12.7. The van der Waals surface area contributed by atoms with E-state index in [1.54, 1.807) is 17.8 Å². The molecule has 1 heterocycles. The Morgan fingerprint density at radius 3 is 2.55 bits per heavy atom. The van der Waals surface area contributed by atoms with Gasteiger partial charge >= 0.3 is 5.97 Å². The van der Waals surface area contributed by atoms with Crippen LogP contribution in [0.4, 0.5) is 0 Å². The van der Waals surface area contributed by atoms with Crippen LogP contribution >= 0.6 is 11.8 Å². The average Bonchev–Trinajstić information content (AvgIpc) is 2.82. The highest BCUT2D eigenvalue weighted by Gasteiger charge is 2.40. The maximum atomic E-state index is 12.0. The Morgan fingerprint density at radius 1 is 1.14 bits per heavy atom. The number of fused-ring (bicyclic) bond motifs is 1. The first-order valence-electron chi connectivity index (χ1n) is 7.38. The van der Waals surface area contributed by atoms with Crippen LogP contribution < -0.4 is 0 Å². The van der Waals surface area contributed by atoms with Crippen LogP contribution in [0.15, 0.2) is 65.6 Å². The SMILES string of the molecule is CCOC(=O)/C=C1\c2ccccc2SC1(C)c1ccccc1. The lowest BCUT2D eigenvalue weighted by molar-refractivity contribution is -0.137. The Bertz CT molecular complexity index is 721. The van der Waals surface area contributed by atoms with Crippen molar-refractivity contribution in [1.82, 2.24) is 0 Å². The van der Waals surface area contributed by atoms with Crippen molar-refractivity contribution >= 4 is 23.3 Å². The first-order valence-corrected chi connectivity index (χ1v) is 8.19. The van der Waals surface area contributed by atoms with Crippen molar-refractivity contribution in [2.75, 3.05) is 6.61 Å². The van der Waals surface area contributed by atoms with Gasteiger partial charge in [-0.25, -0.2) is 4.79 Å². The molecule has 2 aromatic carbocycles. The maximum absolute atomic E-state index is 12.0. The average molecular weight is 310 g/mol. The number of carbonyl (C=O) groups is 1. The number of benzene rings is 2. The molecule has 0 radical (unpaired) electrons. The molecule has 2 nitrogen and oxygen atoms in total. The van der Waals surface area contributed by atoms with E-state index in [2.05, 4.69) is 31.2 Å². The topological polar surface area (TPSA) is 26.3 Å². The van der Waals surface area contributed by atoms with Gasteiger partial charge in [0.2, 0.25) is 0 Å². The summed E-state index contributed by atoms with van der Waals surface area (Å²) in [6.45, 7) is 4.38. The molecule has 0 spiro atoms. The fourth-order valence-corrected chi connectivity index (χ4v) is 4.21. The van der Waals surface area contributed by atoms with Crippen LogP contribution in [0.5, 0.6) is 0 Å². The zero-order chi connectivity index (χ0) is 15.6. The fraction of sp³-hybridized carbons (Fsp3) is 0.211. The number of rotatable bonds is 3. The summed E-state index contributed by atoms with van der Waals surface area (Å²) in [4.78, 5) is 13.2. The number of carbonyl (C=O) groups excluding carboxylic acids is 1. The molecule has 1 aliphatic heterocycles. The first-order chi connectivity index (χ1) is 10.6. The lowest BCUT2D eigenvalue weighted by atomic mass is 9.87. The van der Waals surface area contributed by atoms with Gasteiger partial charge in [-0.05, 0) is 36.6 Å². The number of esters is 1. The normalized spacial score (nSPS) is 21.6. The smallest absolute Gasteiger partial charge is 0.331 e. The third-order valence-electron chi connectivity index (χ3n) is 3.88. The molecule has 0 fully saturated rings. The van der Waals surface area contributed by atoms with Crippen molar-refractivity contribution in [3.05, 3.63) is 71.8 Å². The molecule has 22 heavy (non-hydrogen) atoms. The van der Waals surface area contributed by atoms with E-state index in [9.17, 15) is 4.79 Å². The van der Waals surface area contributed by atoms with E-state index in [1.165, 1.54) is 10.5 Å². The van der Waals surface area contributed by atoms with E-state index in [0.717, 1.165) is 11.1 Å². The van der Waals surface area contributed by atoms with Crippen molar-refractivity contribution in [1.29, 1.82) is 0 Å². The third-order valence-corrected chi connectivity index (χ3v) is 5.32. The summed E-state index contributed by atoms with van der Waals surface area (Å²) in [5, 5.41) is 0. The van der Waals surface area contributed by atoms with Gasteiger partial charge in [0.25, 0.3) is 0 Å². The standard InChI is InChI=1S/C19H18O2S/c1-3-21-18(20)13-16-15-11-7-8-12-17(15)22-19(16,2)14-9-5-4-6-10-14/h4-13H,3H2,1-2H3/b16-13+. The van der Waals surface area contributed by atoms with Crippen molar-refractivity contribution in [2.45, 2.75) is 23.5 Å². The van der Waals surface area contributed by atoms with Gasteiger partial charge < -0.3 is 4.74 Å². The molecule has 3 heteroatoms. The Kier molecular flexibility index (Phi) is 4.08. The molecular formula is C19H18O2S. The second-order valence-corrected chi connectivity index (χ2v) is 6.77. The van der Waals surface area contributed by atoms with E-state index in [0.29, 0.717) is 6.61 Å². The molecule has 0 bridgehead atoms. The number of hydrogen-bond acceptors (Lipinski definition) is 3. The van der Waals surface area contributed by atoms with Crippen LogP contribution in [0.1, 0.15) is 25.0 Å². The van der Waals surface area contributed by atoms with Crippen LogP contribution in [0.25, 0.3) is 5.57 Å². The van der Waals surface area contributed by atoms with Gasteiger partial charge in [-0.15, -0.1) is 11.8 Å². The summed E-state index contributed by atoms with van der Waals surface area (Å²) in [6.07, 6.45) is 1.65. The van der Waals surface area contributed by atoms with Crippen LogP contribution in [-0.4, -0.2) is 12.6 Å².